The monoisotopic (exact) mass is 331 g/mol. The standard InChI is InChI=1S/C17H18BrNO/c18-17-11-15(12-19)8-9-16(17)13-20-10-4-7-14-5-2-1-3-6-14/h1-9,11H,10,12-13,19H2/b7-4+. The van der Waals surface area contributed by atoms with Crippen molar-refractivity contribution in [2.75, 3.05) is 6.61 Å². The van der Waals surface area contributed by atoms with Gasteiger partial charge in [0.25, 0.3) is 0 Å². The number of rotatable bonds is 6. The molecule has 0 bridgehead atoms. The van der Waals surface area contributed by atoms with Crippen LogP contribution in [0.3, 0.4) is 0 Å². The summed E-state index contributed by atoms with van der Waals surface area (Å²) in [7, 11) is 0. The zero-order chi connectivity index (χ0) is 14.2. The van der Waals surface area contributed by atoms with Crippen LogP contribution in [0.4, 0.5) is 0 Å². The molecule has 0 aliphatic heterocycles. The van der Waals surface area contributed by atoms with Crippen molar-refractivity contribution in [3.63, 3.8) is 0 Å². The third kappa shape index (κ3) is 4.60. The van der Waals surface area contributed by atoms with Crippen molar-refractivity contribution in [2.45, 2.75) is 13.2 Å². The van der Waals surface area contributed by atoms with Crippen LogP contribution in [0.25, 0.3) is 6.08 Å². The van der Waals surface area contributed by atoms with Crippen molar-refractivity contribution in [1.29, 1.82) is 0 Å². The SMILES string of the molecule is NCc1ccc(COC/C=C/c2ccccc2)c(Br)c1. The predicted octanol–water partition coefficient (Wildman–Crippen LogP) is 4.14. The fourth-order valence-electron chi connectivity index (χ4n) is 1.82. The second kappa shape index (κ2) is 8.00. The average molecular weight is 332 g/mol. The Morgan fingerprint density at radius 2 is 1.90 bits per heavy atom. The highest BCUT2D eigenvalue weighted by Gasteiger charge is 2.00. The summed E-state index contributed by atoms with van der Waals surface area (Å²) in [4.78, 5) is 0. The topological polar surface area (TPSA) is 35.2 Å². The number of hydrogen-bond donors (Lipinski definition) is 1. The van der Waals surface area contributed by atoms with E-state index in [1.807, 2.05) is 42.5 Å². The molecule has 0 radical (unpaired) electrons. The minimum absolute atomic E-state index is 0.555. The van der Waals surface area contributed by atoms with Crippen LogP contribution in [0.1, 0.15) is 16.7 Å². The van der Waals surface area contributed by atoms with E-state index in [2.05, 4.69) is 34.1 Å². The van der Waals surface area contributed by atoms with Crippen LogP contribution in [-0.2, 0) is 17.9 Å². The van der Waals surface area contributed by atoms with Crippen LogP contribution in [0, 0.1) is 0 Å². The first-order valence-electron chi connectivity index (χ1n) is 6.56. The van der Waals surface area contributed by atoms with Gasteiger partial charge in [0.2, 0.25) is 0 Å². The van der Waals surface area contributed by atoms with Crippen LogP contribution in [-0.4, -0.2) is 6.61 Å². The lowest BCUT2D eigenvalue weighted by Gasteiger charge is -2.06. The van der Waals surface area contributed by atoms with Gasteiger partial charge in [0.15, 0.2) is 0 Å². The first-order chi connectivity index (χ1) is 9.79. The fourth-order valence-corrected chi connectivity index (χ4v) is 2.36. The minimum atomic E-state index is 0.555. The highest BCUT2D eigenvalue weighted by atomic mass is 79.9. The molecule has 0 aliphatic rings. The lowest BCUT2D eigenvalue weighted by Crippen LogP contribution is -1.98. The molecule has 0 unspecified atom stereocenters. The van der Waals surface area contributed by atoms with Gasteiger partial charge < -0.3 is 10.5 Å². The third-order valence-electron chi connectivity index (χ3n) is 2.93. The molecule has 0 fully saturated rings. The molecule has 2 N–H and O–H groups in total. The minimum Gasteiger partial charge on any atom is -0.373 e. The van der Waals surface area contributed by atoms with Gasteiger partial charge in [-0.3, -0.25) is 0 Å². The molecule has 2 rings (SSSR count). The Bertz CT molecular complexity index is 566. The quantitative estimate of drug-likeness (QED) is 0.807. The second-order valence-electron chi connectivity index (χ2n) is 4.46. The number of halogens is 1. The van der Waals surface area contributed by atoms with Crippen molar-refractivity contribution in [3.8, 4) is 0 Å². The molecular weight excluding hydrogens is 314 g/mol. The maximum absolute atomic E-state index is 5.65. The number of ether oxygens (including phenoxy) is 1. The highest BCUT2D eigenvalue weighted by Crippen LogP contribution is 2.19. The Hall–Kier alpha value is -1.42. The van der Waals surface area contributed by atoms with Gasteiger partial charge in [0.05, 0.1) is 13.2 Å². The van der Waals surface area contributed by atoms with E-state index in [1.54, 1.807) is 0 Å². The average Bonchev–Trinajstić information content (AvgIpc) is 2.49. The van der Waals surface area contributed by atoms with Gasteiger partial charge in [-0.25, -0.2) is 0 Å². The lowest BCUT2D eigenvalue weighted by atomic mass is 10.1. The van der Waals surface area contributed by atoms with Crippen LogP contribution in [0.2, 0.25) is 0 Å². The van der Waals surface area contributed by atoms with E-state index in [-0.39, 0.29) is 0 Å². The molecular formula is C17H18BrNO. The fraction of sp³-hybridized carbons (Fsp3) is 0.176. The molecule has 2 aromatic rings. The Labute approximate surface area is 128 Å². The van der Waals surface area contributed by atoms with E-state index in [9.17, 15) is 0 Å². The third-order valence-corrected chi connectivity index (χ3v) is 3.67. The molecule has 3 heteroatoms. The molecule has 20 heavy (non-hydrogen) atoms. The van der Waals surface area contributed by atoms with Gasteiger partial charge in [-0.2, -0.15) is 0 Å². The molecule has 0 spiro atoms. The summed E-state index contributed by atoms with van der Waals surface area (Å²) in [5, 5.41) is 0. The Balaban J connectivity index is 1.80. The van der Waals surface area contributed by atoms with E-state index in [1.165, 1.54) is 5.56 Å². The van der Waals surface area contributed by atoms with Crippen molar-refractivity contribution in [3.05, 3.63) is 75.8 Å². The largest absolute Gasteiger partial charge is 0.373 e. The summed E-state index contributed by atoms with van der Waals surface area (Å²) in [5.41, 5.74) is 9.04. The number of nitrogens with two attached hydrogens (primary N) is 1. The molecule has 2 aromatic carbocycles. The Morgan fingerprint density at radius 3 is 2.60 bits per heavy atom. The van der Waals surface area contributed by atoms with Gasteiger partial charge in [-0.05, 0) is 22.8 Å². The molecule has 0 atom stereocenters. The van der Waals surface area contributed by atoms with E-state index in [0.29, 0.717) is 19.8 Å². The van der Waals surface area contributed by atoms with Crippen molar-refractivity contribution in [1.82, 2.24) is 0 Å². The number of hydrogen-bond acceptors (Lipinski definition) is 2. The second-order valence-corrected chi connectivity index (χ2v) is 5.31. The smallest absolute Gasteiger partial charge is 0.0732 e. The lowest BCUT2D eigenvalue weighted by molar-refractivity contribution is 0.148. The predicted molar refractivity (Wildman–Crippen MR) is 87.2 cm³/mol. The number of benzene rings is 2. The summed E-state index contributed by atoms with van der Waals surface area (Å²) >= 11 is 3.54. The molecule has 2 nitrogen and oxygen atoms in total. The molecule has 0 saturated carbocycles. The summed E-state index contributed by atoms with van der Waals surface area (Å²) in [6.45, 7) is 1.74. The zero-order valence-electron chi connectivity index (χ0n) is 11.3. The van der Waals surface area contributed by atoms with Gasteiger partial charge >= 0.3 is 0 Å². The molecule has 0 amide bonds. The van der Waals surface area contributed by atoms with E-state index in [0.717, 1.165) is 15.6 Å². The van der Waals surface area contributed by atoms with Crippen LogP contribution >= 0.6 is 15.9 Å². The van der Waals surface area contributed by atoms with Crippen LogP contribution < -0.4 is 5.73 Å². The molecule has 0 heterocycles. The maximum Gasteiger partial charge on any atom is 0.0732 e. The normalized spacial score (nSPS) is 11.1. The first-order valence-corrected chi connectivity index (χ1v) is 7.35. The van der Waals surface area contributed by atoms with Crippen molar-refractivity contribution >= 4 is 22.0 Å². The first kappa shape index (κ1) is 15.0. The van der Waals surface area contributed by atoms with Gasteiger partial charge in [-0.1, -0.05) is 70.5 Å². The molecule has 0 aromatic heterocycles. The zero-order valence-corrected chi connectivity index (χ0v) is 12.8. The Kier molecular flexibility index (Phi) is 5.99. The summed E-state index contributed by atoms with van der Waals surface area (Å²) in [6.07, 6.45) is 4.09. The van der Waals surface area contributed by atoms with E-state index in [4.69, 9.17) is 10.5 Å². The maximum atomic E-state index is 5.65. The van der Waals surface area contributed by atoms with Crippen LogP contribution in [0.5, 0.6) is 0 Å². The molecule has 0 saturated heterocycles. The summed E-state index contributed by atoms with van der Waals surface area (Å²) < 4.78 is 6.70. The van der Waals surface area contributed by atoms with Gasteiger partial charge in [0.1, 0.15) is 0 Å². The van der Waals surface area contributed by atoms with E-state index < -0.39 is 0 Å². The van der Waals surface area contributed by atoms with Crippen LogP contribution in [0.15, 0.2) is 59.1 Å². The van der Waals surface area contributed by atoms with Crippen molar-refractivity contribution < 1.29 is 4.74 Å². The van der Waals surface area contributed by atoms with Crippen molar-refractivity contribution in [2.24, 2.45) is 5.73 Å². The molecule has 104 valence electrons. The van der Waals surface area contributed by atoms with Gasteiger partial charge in [0, 0.05) is 11.0 Å². The Morgan fingerprint density at radius 1 is 1.10 bits per heavy atom. The van der Waals surface area contributed by atoms with Gasteiger partial charge in [-0.15, -0.1) is 0 Å². The summed E-state index contributed by atoms with van der Waals surface area (Å²) in [5.74, 6) is 0. The highest BCUT2D eigenvalue weighted by molar-refractivity contribution is 9.10. The summed E-state index contributed by atoms with van der Waals surface area (Å²) in [6, 6.07) is 16.3. The molecule has 0 aliphatic carbocycles. The van der Waals surface area contributed by atoms with E-state index >= 15 is 0 Å².